The van der Waals surface area contributed by atoms with Gasteiger partial charge in [-0.05, 0) is 55.8 Å². The van der Waals surface area contributed by atoms with Crippen molar-refractivity contribution in [2.75, 3.05) is 0 Å². The Kier molecular flexibility index (Phi) is 2.78. The van der Waals surface area contributed by atoms with Gasteiger partial charge in [0.15, 0.2) is 0 Å². The lowest BCUT2D eigenvalue weighted by atomic mass is 9.65. The Hall–Kier alpha value is -0.0400. The average molecular weight is 222 g/mol. The van der Waals surface area contributed by atoms with Crippen LogP contribution in [0.4, 0.5) is 0 Å². The molecule has 0 aromatic carbocycles. The van der Waals surface area contributed by atoms with Gasteiger partial charge >= 0.3 is 0 Å². The van der Waals surface area contributed by atoms with Crippen molar-refractivity contribution in [3.63, 3.8) is 0 Å². The lowest BCUT2D eigenvalue weighted by Crippen LogP contribution is -2.30. The molecule has 3 fully saturated rings. The van der Waals surface area contributed by atoms with Crippen molar-refractivity contribution in [3.05, 3.63) is 0 Å². The molecule has 0 aromatic heterocycles. The Labute approximate surface area is 99.9 Å². The van der Waals surface area contributed by atoms with Crippen LogP contribution in [0.1, 0.15) is 65.2 Å². The third-order valence-corrected chi connectivity index (χ3v) is 5.46. The highest BCUT2D eigenvalue weighted by Crippen LogP contribution is 2.48. The molecule has 0 bridgehead atoms. The SMILES string of the molecule is CC1(C)CCCCC1CC1CCC2OC2C1. The Morgan fingerprint density at radius 1 is 1.06 bits per heavy atom. The fourth-order valence-corrected chi connectivity index (χ4v) is 4.11. The van der Waals surface area contributed by atoms with E-state index >= 15 is 0 Å². The second-order valence-electron chi connectivity index (χ2n) is 7.06. The van der Waals surface area contributed by atoms with E-state index < -0.39 is 0 Å². The van der Waals surface area contributed by atoms with Gasteiger partial charge in [-0.3, -0.25) is 0 Å². The monoisotopic (exact) mass is 222 g/mol. The topological polar surface area (TPSA) is 12.5 Å². The molecule has 3 aliphatic rings. The minimum Gasteiger partial charge on any atom is -0.370 e. The number of rotatable bonds is 2. The summed E-state index contributed by atoms with van der Waals surface area (Å²) in [7, 11) is 0. The largest absolute Gasteiger partial charge is 0.370 e. The summed E-state index contributed by atoms with van der Waals surface area (Å²) in [6.07, 6.45) is 12.9. The summed E-state index contributed by atoms with van der Waals surface area (Å²) in [5.74, 6) is 1.97. The highest BCUT2D eigenvalue weighted by molar-refractivity contribution is 4.94. The molecule has 2 aliphatic carbocycles. The average Bonchev–Trinajstić information content (AvgIpc) is 2.99. The van der Waals surface area contributed by atoms with Gasteiger partial charge in [-0.25, -0.2) is 0 Å². The van der Waals surface area contributed by atoms with Crippen molar-refractivity contribution in [2.24, 2.45) is 17.3 Å². The molecule has 16 heavy (non-hydrogen) atoms. The van der Waals surface area contributed by atoms with E-state index in [4.69, 9.17) is 4.74 Å². The quantitative estimate of drug-likeness (QED) is 0.639. The molecule has 4 unspecified atom stereocenters. The molecule has 1 heterocycles. The predicted molar refractivity (Wildman–Crippen MR) is 66.4 cm³/mol. The van der Waals surface area contributed by atoms with Gasteiger partial charge in [0.25, 0.3) is 0 Å². The Morgan fingerprint density at radius 2 is 1.94 bits per heavy atom. The molecule has 1 nitrogen and oxygen atoms in total. The third kappa shape index (κ3) is 2.16. The summed E-state index contributed by atoms with van der Waals surface area (Å²) in [6, 6.07) is 0. The van der Waals surface area contributed by atoms with Gasteiger partial charge in [-0.1, -0.05) is 26.7 Å². The number of ether oxygens (including phenoxy) is 1. The molecule has 0 radical (unpaired) electrons. The highest BCUT2D eigenvalue weighted by atomic mass is 16.6. The fraction of sp³-hybridized carbons (Fsp3) is 1.00. The van der Waals surface area contributed by atoms with Gasteiger partial charge < -0.3 is 4.74 Å². The van der Waals surface area contributed by atoms with Crippen LogP contribution in [-0.2, 0) is 4.74 Å². The maximum atomic E-state index is 5.65. The van der Waals surface area contributed by atoms with Crippen LogP contribution >= 0.6 is 0 Å². The fourth-order valence-electron chi connectivity index (χ4n) is 4.11. The number of hydrogen-bond acceptors (Lipinski definition) is 1. The van der Waals surface area contributed by atoms with Crippen LogP contribution in [0.5, 0.6) is 0 Å². The van der Waals surface area contributed by atoms with Gasteiger partial charge in [0.2, 0.25) is 0 Å². The summed E-state index contributed by atoms with van der Waals surface area (Å²) in [6.45, 7) is 4.99. The summed E-state index contributed by atoms with van der Waals surface area (Å²) in [5.41, 5.74) is 0.611. The predicted octanol–water partition coefficient (Wildman–Crippen LogP) is 4.16. The van der Waals surface area contributed by atoms with Crippen LogP contribution < -0.4 is 0 Å². The lowest BCUT2D eigenvalue weighted by molar-refractivity contribution is 0.104. The first-order valence-electron chi connectivity index (χ1n) is 7.30. The molecule has 2 saturated carbocycles. The minimum absolute atomic E-state index is 0.611. The van der Waals surface area contributed by atoms with Crippen LogP contribution in [0, 0.1) is 17.3 Å². The molecule has 3 rings (SSSR count). The van der Waals surface area contributed by atoms with Gasteiger partial charge in [0.05, 0.1) is 12.2 Å². The van der Waals surface area contributed by atoms with Crippen molar-refractivity contribution < 1.29 is 4.74 Å². The highest BCUT2D eigenvalue weighted by Gasteiger charge is 2.45. The molecular weight excluding hydrogens is 196 g/mol. The summed E-state index contributed by atoms with van der Waals surface area (Å²) in [5, 5.41) is 0. The van der Waals surface area contributed by atoms with Crippen molar-refractivity contribution in [1.29, 1.82) is 0 Å². The van der Waals surface area contributed by atoms with Crippen molar-refractivity contribution >= 4 is 0 Å². The molecule has 0 aromatic rings. The van der Waals surface area contributed by atoms with Crippen LogP contribution in [0.3, 0.4) is 0 Å². The second kappa shape index (κ2) is 4.01. The molecule has 92 valence electrons. The molecule has 1 saturated heterocycles. The number of hydrogen-bond donors (Lipinski definition) is 0. The van der Waals surface area contributed by atoms with E-state index in [1.165, 1.54) is 51.4 Å². The van der Waals surface area contributed by atoms with E-state index in [-0.39, 0.29) is 0 Å². The van der Waals surface area contributed by atoms with Gasteiger partial charge in [0.1, 0.15) is 0 Å². The molecule has 0 N–H and O–H groups in total. The van der Waals surface area contributed by atoms with E-state index in [2.05, 4.69) is 13.8 Å². The van der Waals surface area contributed by atoms with Crippen molar-refractivity contribution in [2.45, 2.75) is 77.4 Å². The second-order valence-corrected chi connectivity index (χ2v) is 7.06. The Bertz CT molecular complexity index is 258. The van der Waals surface area contributed by atoms with Crippen LogP contribution in [-0.4, -0.2) is 12.2 Å². The van der Waals surface area contributed by atoms with E-state index in [1.807, 2.05) is 0 Å². The van der Waals surface area contributed by atoms with Crippen LogP contribution in [0.25, 0.3) is 0 Å². The normalized spacial score (nSPS) is 46.1. The number of fused-ring (bicyclic) bond motifs is 1. The smallest absolute Gasteiger partial charge is 0.0844 e. The van der Waals surface area contributed by atoms with Gasteiger partial charge in [-0.15, -0.1) is 0 Å². The third-order valence-electron chi connectivity index (χ3n) is 5.46. The van der Waals surface area contributed by atoms with Crippen LogP contribution in [0.15, 0.2) is 0 Å². The summed E-state index contributed by atoms with van der Waals surface area (Å²) >= 11 is 0. The Balaban J connectivity index is 1.56. The Morgan fingerprint density at radius 3 is 2.69 bits per heavy atom. The lowest BCUT2D eigenvalue weighted by Gasteiger charge is -2.41. The van der Waals surface area contributed by atoms with Gasteiger partial charge in [-0.2, -0.15) is 0 Å². The molecular formula is C15H26O. The number of epoxide rings is 1. The van der Waals surface area contributed by atoms with E-state index in [9.17, 15) is 0 Å². The first-order valence-corrected chi connectivity index (χ1v) is 7.30. The molecule has 1 aliphatic heterocycles. The van der Waals surface area contributed by atoms with E-state index in [0.717, 1.165) is 11.8 Å². The molecule has 4 atom stereocenters. The maximum absolute atomic E-state index is 5.65. The van der Waals surface area contributed by atoms with E-state index in [0.29, 0.717) is 17.6 Å². The zero-order valence-electron chi connectivity index (χ0n) is 10.9. The minimum atomic E-state index is 0.611. The molecule has 0 amide bonds. The van der Waals surface area contributed by atoms with Gasteiger partial charge in [0, 0.05) is 0 Å². The first-order chi connectivity index (χ1) is 7.65. The maximum Gasteiger partial charge on any atom is 0.0844 e. The van der Waals surface area contributed by atoms with Crippen molar-refractivity contribution in [3.8, 4) is 0 Å². The van der Waals surface area contributed by atoms with Crippen LogP contribution in [0.2, 0.25) is 0 Å². The van der Waals surface area contributed by atoms with Crippen molar-refractivity contribution in [1.82, 2.24) is 0 Å². The summed E-state index contributed by atoms with van der Waals surface area (Å²) in [4.78, 5) is 0. The summed E-state index contributed by atoms with van der Waals surface area (Å²) < 4.78 is 5.65. The van der Waals surface area contributed by atoms with E-state index in [1.54, 1.807) is 0 Å². The standard InChI is InChI=1S/C15H26O/c1-15(2)8-4-3-5-12(15)9-11-6-7-13-14(10-11)16-13/h11-14H,3-10H2,1-2H3. The molecule has 0 spiro atoms. The zero-order valence-corrected chi connectivity index (χ0v) is 10.9. The molecule has 1 heteroatoms. The first kappa shape index (κ1) is 11.1. The zero-order chi connectivity index (χ0) is 11.2.